The van der Waals surface area contributed by atoms with Crippen LogP contribution in [0.5, 0.6) is 0 Å². The first-order valence-electron chi connectivity index (χ1n) is 1.51. The van der Waals surface area contributed by atoms with Gasteiger partial charge in [-0.2, -0.15) is 0 Å². The topological polar surface area (TPSA) is 0 Å². The van der Waals surface area contributed by atoms with Crippen LogP contribution in [-0.2, 0) is 0 Å². The van der Waals surface area contributed by atoms with Gasteiger partial charge in [-0.25, -0.2) is 0 Å². The third kappa shape index (κ3) is 3.67. The van der Waals surface area contributed by atoms with Gasteiger partial charge in [0.15, 0.2) is 0 Å². The summed E-state index contributed by atoms with van der Waals surface area (Å²) in [4.78, 5) is 0. The monoisotopic (exact) mass is 73.0 g/mol. The average Bonchev–Trinajstić information content (AvgIpc) is 1.41. The van der Waals surface area contributed by atoms with Gasteiger partial charge < -0.3 is 0 Å². The van der Waals surface area contributed by atoms with Gasteiger partial charge in [0.25, 0.3) is 0 Å². The Hall–Kier alpha value is -0.330. The normalized spacial score (nSPS) is 7.40. The highest BCUT2D eigenvalue weighted by Gasteiger charge is 1.65. The van der Waals surface area contributed by atoms with E-state index in [1.54, 1.807) is 0 Å². The lowest BCUT2D eigenvalue weighted by atomic mass is 10.5. The van der Waals surface area contributed by atoms with Crippen LogP contribution in [0.15, 0.2) is 6.08 Å². The number of alkyl halides is 1. The van der Waals surface area contributed by atoms with Crippen molar-refractivity contribution in [1.29, 1.82) is 0 Å². The van der Waals surface area contributed by atoms with Crippen molar-refractivity contribution in [2.45, 2.75) is 6.42 Å². The smallest absolute Gasteiger partial charge is 0.0928 e. The number of rotatable bonds is 2. The summed E-state index contributed by atoms with van der Waals surface area (Å²) in [5, 5.41) is 0. The molecule has 0 aromatic rings. The Morgan fingerprint density at radius 3 is 2.40 bits per heavy atom. The lowest BCUT2D eigenvalue weighted by Crippen LogP contribution is -1.62. The van der Waals surface area contributed by atoms with E-state index in [1.807, 2.05) is 0 Å². The maximum Gasteiger partial charge on any atom is 0.0928 e. The fourth-order valence-corrected chi connectivity index (χ4v) is 0.0630. The van der Waals surface area contributed by atoms with Gasteiger partial charge in [0.05, 0.1) is 6.67 Å². The highest BCUT2D eigenvalue weighted by molar-refractivity contribution is 4.59. The van der Waals surface area contributed by atoms with Crippen molar-refractivity contribution in [3.05, 3.63) is 12.7 Å². The van der Waals surface area contributed by atoms with Gasteiger partial charge in [0.2, 0.25) is 0 Å². The van der Waals surface area contributed by atoms with Crippen LogP contribution < -0.4 is 0 Å². The first-order valence-corrected chi connectivity index (χ1v) is 1.51. The van der Waals surface area contributed by atoms with Gasteiger partial charge in [-0.05, 0) is 6.42 Å². The Balaban J connectivity index is 2.40. The van der Waals surface area contributed by atoms with Crippen molar-refractivity contribution in [1.82, 2.24) is 0 Å². The molecule has 0 fully saturated rings. The molecule has 0 atom stereocenters. The highest BCUT2D eigenvalue weighted by Crippen LogP contribution is 1.75. The van der Waals surface area contributed by atoms with Crippen LogP contribution >= 0.6 is 0 Å². The van der Waals surface area contributed by atoms with Crippen molar-refractivity contribution in [2.24, 2.45) is 0 Å². The summed E-state index contributed by atoms with van der Waals surface area (Å²) in [5.41, 5.74) is 0. The second-order valence-corrected chi connectivity index (χ2v) is 0.713. The second-order valence-electron chi connectivity index (χ2n) is 0.713. The molecule has 0 saturated heterocycles. The Kier molecular flexibility index (Phi) is 3.43. The predicted octanol–water partition coefficient (Wildman–Crippen LogP) is 1.34. The van der Waals surface area contributed by atoms with E-state index in [0.717, 1.165) is 0 Å². The summed E-state index contributed by atoms with van der Waals surface area (Å²) in [7, 11) is 0. The molecule has 0 bridgehead atoms. The number of halogens is 1. The molecular formula is C4H6F. The molecule has 5 heavy (non-hydrogen) atoms. The molecule has 0 nitrogen and oxygen atoms in total. The molecule has 0 rings (SSSR count). The molecule has 0 unspecified atom stereocenters. The van der Waals surface area contributed by atoms with Gasteiger partial charge >= 0.3 is 0 Å². The lowest BCUT2D eigenvalue weighted by Gasteiger charge is -1.69. The first-order chi connectivity index (χ1) is 2.41. The summed E-state index contributed by atoms with van der Waals surface area (Å²) in [6.07, 6.45) is 1.68. The standard InChI is InChI=1S/C4H6F/c1-2-3-4-5/h1-2H,3-4H2. The maximum absolute atomic E-state index is 10.9. The van der Waals surface area contributed by atoms with Crippen molar-refractivity contribution in [2.75, 3.05) is 6.67 Å². The minimum atomic E-state index is -0.337. The largest absolute Gasteiger partial charge is 0.251 e. The minimum Gasteiger partial charge on any atom is -0.251 e. The molecule has 0 amide bonds. The van der Waals surface area contributed by atoms with Crippen LogP contribution in [-0.4, -0.2) is 6.67 Å². The summed E-state index contributed by atoms with van der Waals surface area (Å²) in [5.74, 6) is 0. The van der Waals surface area contributed by atoms with E-state index in [4.69, 9.17) is 6.58 Å². The van der Waals surface area contributed by atoms with Gasteiger partial charge in [-0.3, -0.25) is 4.39 Å². The number of allylic oxidation sites excluding steroid dienone is 1. The fourth-order valence-electron chi connectivity index (χ4n) is 0.0630. The summed E-state index contributed by atoms with van der Waals surface area (Å²) >= 11 is 0. The van der Waals surface area contributed by atoms with Gasteiger partial charge in [-0.1, -0.05) is 12.7 Å². The van der Waals surface area contributed by atoms with E-state index in [-0.39, 0.29) is 6.67 Å². The third-order valence-electron chi connectivity index (χ3n) is 0.276. The van der Waals surface area contributed by atoms with Crippen LogP contribution in [0, 0.1) is 6.58 Å². The van der Waals surface area contributed by atoms with Crippen molar-refractivity contribution >= 4 is 0 Å². The number of hydrogen-bond donors (Lipinski definition) is 0. The Morgan fingerprint density at radius 2 is 2.40 bits per heavy atom. The zero-order valence-corrected chi connectivity index (χ0v) is 2.95. The molecule has 0 aromatic heterocycles. The molecule has 0 aliphatic heterocycles. The average molecular weight is 73.1 g/mol. The van der Waals surface area contributed by atoms with Crippen LogP contribution in [0.2, 0.25) is 0 Å². The second kappa shape index (κ2) is 3.67. The van der Waals surface area contributed by atoms with Gasteiger partial charge in [0, 0.05) is 0 Å². The molecule has 1 heteroatoms. The number of hydrogen-bond acceptors (Lipinski definition) is 0. The highest BCUT2D eigenvalue weighted by atomic mass is 19.1. The molecule has 0 aromatic carbocycles. The summed E-state index contributed by atoms with van der Waals surface area (Å²) < 4.78 is 10.9. The fraction of sp³-hybridized carbons (Fsp3) is 0.500. The van der Waals surface area contributed by atoms with Crippen LogP contribution in [0.4, 0.5) is 4.39 Å². The van der Waals surface area contributed by atoms with Gasteiger partial charge in [-0.15, -0.1) is 0 Å². The zero-order valence-electron chi connectivity index (χ0n) is 2.95. The maximum atomic E-state index is 10.9. The molecule has 29 valence electrons. The molecule has 1 radical (unpaired) electrons. The van der Waals surface area contributed by atoms with E-state index < -0.39 is 0 Å². The van der Waals surface area contributed by atoms with Crippen molar-refractivity contribution < 1.29 is 4.39 Å². The minimum absolute atomic E-state index is 0.337. The molecule has 0 spiro atoms. The lowest BCUT2D eigenvalue weighted by molar-refractivity contribution is 0.501. The Morgan fingerprint density at radius 1 is 1.80 bits per heavy atom. The Labute approximate surface area is 31.3 Å². The van der Waals surface area contributed by atoms with Crippen molar-refractivity contribution in [3.63, 3.8) is 0 Å². The quantitative estimate of drug-likeness (QED) is 0.462. The van der Waals surface area contributed by atoms with E-state index >= 15 is 0 Å². The summed E-state index contributed by atoms with van der Waals surface area (Å²) in [6.45, 7) is 4.44. The van der Waals surface area contributed by atoms with Crippen LogP contribution in [0.25, 0.3) is 0 Å². The van der Waals surface area contributed by atoms with Crippen LogP contribution in [0.3, 0.4) is 0 Å². The van der Waals surface area contributed by atoms with Gasteiger partial charge in [0.1, 0.15) is 0 Å². The molecule has 0 heterocycles. The molecular weight excluding hydrogens is 67.0 g/mol. The summed E-state index contributed by atoms with van der Waals surface area (Å²) in [6, 6.07) is 0. The zero-order chi connectivity index (χ0) is 4.12. The SMILES string of the molecule is [CH]=CCCF. The predicted molar refractivity (Wildman–Crippen MR) is 19.5 cm³/mol. The van der Waals surface area contributed by atoms with E-state index in [0.29, 0.717) is 6.42 Å². The third-order valence-corrected chi connectivity index (χ3v) is 0.276. The molecule has 0 aliphatic rings. The van der Waals surface area contributed by atoms with E-state index in [9.17, 15) is 4.39 Å². The Bertz CT molecular complexity index is 24.8. The molecule has 0 aliphatic carbocycles. The molecule has 0 N–H and O–H groups in total. The van der Waals surface area contributed by atoms with E-state index in [2.05, 4.69) is 0 Å². The first kappa shape index (κ1) is 4.67. The van der Waals surface area contributed by atoms with Crippen molar-refractivity contribution in [3.8, 4) is 0 Å². The van der Waals surface area contributed by atoms with Crippen LogP contribution in [0.1, 0.15) is 6.42 Å². The van der Waals surface area contributed by atoms with E-state index in [1.165, 1.54) is 6.08 Å². The molecule has 0 saturated carbocycles.